The minimum absolute atomic E-state index is 0.176. The van der Waals surface area contributed by atoms with Crippen molar-refractivity contribution >= 4 is 5.96 Å². The van der Waals surface area contributed by atoms with Crippen LogP contribution in [-0.4, -0.2) is 77.6 Å². The summed E-state index contributed by atoms with van der Waals surface area (Å²) in [6.07, 6.45) is 6.33. The van der Waals surface area contributed by atoms with Crippen molar-refractivity contribution in [3.63, 3.8) is 0 Å². The highest BCUT2D eigenvalue weighted by molar-refractivity contribution is 5.80. The van der Waals surface area contributed by atoms with Gasteiger partial charge in [-0.1, -0.05) is 19.3 Å². The summed E-state index contributed by atoms with van der Waals surface area (Å²) in [5, 5.41) is 7.02. The molecule has 1 saturated heterocycles. The molecule has 1 aromatic carbocycles. The Balaban J connectivity index is 1.66. The van der Waals surface area contributed by atoms with E-state index in [-0.39, 0.29) is 5.54 Å². The number of guanidine groups is 1. The molecular weight excluding hydrogens is 396 g/mol. The molecule has 1 heterocycles. The second-order valence-electron chi connectivity index (χ2n) is 8.17. The number of benzene rings is 1. The lowest BCUT2D eigenvalue weighted by Crippen LogP contribution is -2.60. The second kappa shape index (κ2) is 11.4. The Hall–Kier alpha value is -2.19. The zero-order valence-corrected chi connectivity index (χ0v) is 19.5. The van der Waals surface area contributed by atoms with Crippen molar-refractivity contribution < 1.29 is 18.9 Å². The number of ether oxygens (including phenoxy) is 4. The van der Waals surface area contributed by atoms with E-state index in [4.69, 9.17) is 18.9 Å². The Morgan fingerprint density at radius 2 is 1.65 bits per heavy atom. The van der Waals surface area contributed by atoms with Crippen LogP contribution < -0.4 is 24.8 Å². The third-order valence-corrected chi connectivity index (χ3v) is 6.52. The fourth-order valence-corrected chi connectivity index (χ4v) is 4.75. The summed E-state index contributed by atoms with van der Waals surface area (Å²) in [4.78, 5) is 7.08. The molecule has 0 atom stereocenters. The highest BCUT2D eigenvalue weighted by Crippen LogP contribution is 2.35. The van der Waals surface area contributed by atoms with Gasteiger partial charge in [-0.05, 0) is 12.8 Å². The maximum absolute atomic E-state index is 5.60. The van der Waals surface area contributed by atoms with E-state index in [2.05, 4.69) is 20.5 Å². The van der Waals surface area contributed by atoms with Crippen LogP contribution in [0.2, 0.25) is 0 Å². The summed E-state index contributed by atoms with van der Waals surface area (Å²) < 4.78 is 22.1. The van der Waals surface area contributed by atoms with Crippen LogP contribution in [0.25, 0.3) is 0 Å². The topological polar surface area (TPSA) is 76.6 Å². The lowest BCUT2D eigenvalue weighted by atomic mass is 9.80. The van der Waals surface area contributed by atoms with Gasteiger partial charge in [0.15, 0.2) is 5.96 Å². The number of nitrogens with zero attached hydrogens (tertiary/aromatic N) is 2. The molecule has 0 bridgehead atoms. The quantitative estimate of drug-likeness (QED) is 0.481. The third kappa shape index (κ3) is 5.74. The van der Waals surface area contributed by atoms with Gasteiger partial charge in [-0.25, -0.2) is 0 Å². The molecule has 0 amide bonds. The van der Waals surface area contributed by atoms with Gasteiger partial charge in [-0.15, -0.1) is 0 Å². The SMILES string of the molecule is CN=C(NCc1c(OC)cc(OC)cc1OC)NCC1(N2CCOCC2)CCCCC1. The van der Waals surface area contributed by atoms with Crippen LogP contribution in [0, 0.1) is 0 Å². The zero-order chi connectivity index (χ0) is 22.1. The monoisotopic (exact) mass is 434 g/mol. The van der Waals surface area contributed by atoms with E-state index in [1.54, 1.807) is 28.4 Å². The Morgan fingerprint density at radius 1 is 1.00 bits per heavy atom. The number of hydrogen-bond donors (Lipinski definition) is 2. The Labute approximate surface area is 186 Å². The van der Waals surface area contributed by atoms with Crippen molar-refractivity contribution in [3.05, 3.63) is 17.7 Å². The first-order valence-corrected chi connectivity index (χ1v) is 11.2. The van der Waals surface area contributed by atoms with Crippen LogP contribution in [0.4, 0.5) is 0 Å². The van der Waals surface area contributed by atoms with Crippen molar-refractivity contribution in [2.75, 3.05) is 61.2 Å². The van der Waals surface area contributed by atoms with Crippen molar-refractivity contribution in [2.45, 2.75) is 44.2 Å². The first-order chi connectivity index (χ1) is 15.2. The van der Waals surface area contributed by atoms with Gasteiger partial charge in [-0.3, -0.25) is 9.89 Å². The van der Waals surface area contributed by atoms with Gasteiger partial charge in [0.1, 0.15) is 17.2 Å². The maximum Gasteiger partial charge on any atom is 0.191 e. The third-order valence-electron chi connectivity index (χ3n) is 6.52. The smallest absolute Gasteiger partial charge is 0.191 e. The Morgan fingerprint density at radius 3 is 2.19 bits per heavy atom. The molecular formula is C23H38N4O4. The van der Waals surface area contributed by atoms with Crippen molar-refractivity contribution in [2.24, 2.45) is 4.99 Å². The van der Waals surface area contributed by atoms with Gasteiger partial charge in [0, 0.05) is 44.4 Å². The van der Waals surface area contributed by atoms with Crippen molar-refractivity contribution in [1.29, 1.82) is 0 Å². The predicted molar refractivity (Wildman–Crippen MR) is 123 cm³/mol. The highest BCUT2D eigenvalue weighted by Gasteiger charge is 2.38. The predicted octanol–water partition coefficient (Wildman–Crippen LogP) is 2.41. The number of hydrogen-bond acceptors (Lipinski definition) is 6. The van der Waals surface area contributed by atoms with Gasteiger partial charge in [0.25, 0.3) is 0 Å². The molecule has 8 nitrogen and oxygen atoms in total. The highest BCUT2D eigenvalue weighted by atomic mass is 16.5. The van der Waals surface area contributed by atoms with Crippen molar-refractivity contribution in [1.82, 2.24) is 15.5 Å². The molecule has 2 fully saturated rings. The lowest BCUT2D eigenvalue weighted by molar-refractivity contribution is -0.0352. The maximum atomic E-state index is 5.60. The molecule has 174 valence electrons. The van der Waals surface area contributed by atoms with E-state index < -0.39 is 0 Å². The van der Waals surface area contributed by atoms with Crippen LogP contribution in [0.15, 0.2) is 17.1 Å². The van der Waals surface area contributed by atoms with Crippen LogP contribution in [-0.2, 0) is 11.3 Å². The molecule has 1 aromatic rings. The number of methoxy groups -OCH3 is 3. The van der Waals surface area contributed by atoms with E-state index in [9.17, 15) is 0 Å². The van der Waals surface area contributed by atoms with Crippen LogP contribution in [0.3, 0.4) is 0 Å². The van der Waals surface area contributed by atoms with Gasteiger partial charge < -0.3 is 29.6 Å². The second-order valence-corrected chi connectivity index (χ2v) is 8.17. The van der Waals surface area contributed by atoms with E-state index >= 15 is 0 Å². The molecule has 1 aliphatic heterocycles. The normalized spacial score (nSPS) is 19.5. The van der Waals surface area contributed by atoms with Gasteiger partial charge in [0.2, 0.25) is 0 Å². The van der Waals surface area contributed by atoms with Crippen LogP contribution in [0.1, 0.15) is 37.7 Å². The number of rotatable bonds is 8. The molecule has 0 unspecified atom stereocenters. The molecule has 1 aliphatic carbocycles. The summed E-state index contributed by atoms with van der Waals surface area (Å²) in [5.74, 6) is 2.91. The summed E-state index contributed by atoms with van der Waals surface area (Å²) in [7, 11) is 6.74. The van der Waals surface area contributed by atoms with Crippen LogP contribution in [0.5, 0.6) is 17.2 Å². The van der Waals surface area contributed by atoms with E-state index in [1.807, 2.05) is 12.1 Å². The molecule has 2 aliphatic rings. The molecule has 2 N–H and O–H groups in total. The number of morpholine rings is 1. The molecule has 0 aromatic heterocycles. The fraction of sp³-hybridized carbons (Fsp3) is 0.696. The number of aliphatic imine (C=N–C) groups is 1. The molecule has 8 heteroatoms. The van der Waals surface area contributed by atoms with Gasteiger partial charge in [-0.2, -0.15) is 0 Å². The largest absolute Gasteiger partial charge is 0.496 e. The van der Waals surface area contributed by atoms with E-state index in [0.717, 1.165) is 55.9 Å². The van der Waals surface area contributed by atoms with Crippen LogP contribution >= 0.6 is 0 Å². The van der Waals surface area contributed by atoms with E-state index in [1.165, 1.54) is 32.1 Å². The average molecular weight is 435 g/mol. The van der Waals surface area contributed by atoms with Gasteiger partial charge in [0.05, 0.1) is 46.7 Å². The first kappa shape index (κ1) is 23.5. The molecule has 1 saturated carbocycles. The lowest BCUT2D eigenvalue weighted by Gasteiger charge is -2.48. The molecule has 0 spiro atoms. The Kier molecular flexibility index (Phi) is 8.66. The molecule has 31 heavy (non-hydrogen) atoms. The van der Waals surface area contributed by atoms with E-state index in [0.29, 0.717) is 12.3 Å². The molecule has 0 radical (unpaired) electrons. The minimum atomic E-state index is 0.176. The van der Waals surface area contributed by atoms with Gasteiger partial charge >= 0.3 is 0 Å². The average Bonchev–Trinajstić information content (AvgIpc) is 2.84. The van der Waals surface area contributed by atoms with Crippen molar-refractivity contribution in [3.8, 4) is 17.2 Å². The standard InChI is InChI=1S/C23H38N4O4/c1-24-22(25-16-19-20(29-3)14-18(28-2)15-21(19)30-4)26-17-23(8-6-5-7-9-23)27-10-12-31-13-11-27/h14-15H,5-13,16-17H2,1-4H3,(H2,24,25,26). The number of nitrogens with one attached hydrogen (secondary N) is 2. The summed E-state index contributed by atoms with van der Waals surface area (Å²) in [6, 6.07) is 3.73. The summed E-state index contributed by atoms with van der Waals surface area (Å²) in [5.41, 5.74) is 1.10. The minimum Gasteiger partial charge on any atom is -0.496 e. The summed E-state index contributed by atoms with van der Waals surface area (Å²) in [6.45, 7) is 5.07. The fourth-order valence-electron chi connectivity index (χ4n) is 4.75. The summed E-state index contributed by atoms with van der Waals surface area (Å²) >= 11 is 0. The molecule has 3 rings (SSSR count). The Bertz CT molecular complexity index is 703. The first-order valence-electron chi connectivity index (χ1n) is 11.2. The zero-order valence-electron chi connectivity index (χ0n) is 19.5.